The first-order chi connectivity index (χ1) is 9.93. The van der Waals surface area contributed by atoms with Crippen LogP contribution in [0.3, 0.4) is 0 Å². The van der Waals surface area contributed by atoms with E-state index in [1.165, 1.54) is 12.1 Å². The van der Waals surface area contributed by atoms with Crippen molar-refractivity contribution >= 4 is 35.5 Å². The average Bonchev–Trinajstić information content (AvgIpc) is 2.67. The average molecular weight is 385 g/mol. The number of aliphatic carboxylic acids is 2. The molecular formula is C13H9K2NO6S. The molecule has 10 heteroatoms. The van der Waals surface area contributed by atoms with Crippen molar-refractivity contribution in [3.05, 3.63) is 35.4 Å². The van der Waals surface area contributed by atoms with Gasteiger partial charge in [0.1, 0.15) is 0 Å². The second-order valence-corrected chi connectivity index (χ2v) is 5.41. The number of rotatable bonds is 6. The molecule has 1 aromatic rings. The Morgan fingerprint density at radius 3 is 1.83 bits per heavy atom. The van der Waals surface area contributed by atoms with E-state index in [1.54, 1.807) is 12.1 Å². The Bertz CT molecular complexity index is 590. The van der Waals surface area contributed by atoms with E-state index in [0.717, 1.165) is 4.90 Å². The number of hydrogen-bond donors (Lipinski definition) is 0. The Morgan fingerprint density at radius 1 is 1.00 bits per heavy atom. The zero-order chi connectivity index (χ0) is 15.6. The predicted molar refractivity (Wildman–Crippen MR) is 68.1 cm³/mol. The number of carbonyl (C=O) groups excluding carboxylic acids is 4. The summed E-state index contributed by atoms with van der Waals surface area (Å²) < 4.78 is 0. The molecule has 1 aliphatic rings. The molecule has 1 aliphatic heterocycles. The van der Waals surface area contributed by atoms with Crippen LogP contribution in [0.4, 0.5) is 0 Å². The molecule has 2 rings (SSSR count). The van der Waals surface area contributed by atoms with E-state index in [2.05, 4.69) is 0 Å². The number of nitrogens with zero attached hydrogens (tertiary/aromatic N) is 1. The third kappa shape index (κ3) is 5.71. The molecule has 0 aliphatic carbocycles. The Hall–Kier alpha value is 0.923. The molecule has 0 bridgehead atoms. The van der Waals surface area contributed by atoms with E-state index in [0.29, 0.717) is 11.8 Å². The van der Waals surface area contributed by atoms with E-state index in [4.69, 9.17) is 0 Å². The molecule has 0 aromatic heterocycles. The van der Waals surface area contributed by atoms with Crippen LogP contribution in [0.5, 0.6) is 0 Å². The molecule has 110 valence electrons. The molecule has 2 amide bonds. The molecule has 0 radical (unpaired) electrons. The molecule has 23 heavy (non-hydrogen) atoms. The van der Waals surface area contributed by atoms with Gasteiger partial charge in [0, 0.05) is 12.3 Å². The van der Waals surface area contributed by atoms with E-state index in [-0.39, 0.29) is 126 Å². The van der Waals surface area contributed by atoms with Crippen molar-refractivity contribution in [3.63, 3.8) is 0 Å². The fourth-order valence-electron chi connectivity index (χ4n) is 1.94. The van der Waals surface area contributed by atoms with Crippen molar-refractivity contribution in [2.45, 2.75) is 5.25 Å². The van der Waals surface area contributed by atoms with Gasteiger partial charge in [0.2, 0.25) is 0 Å². The Kier molecular flexibility index (Phi) is 11.2. The summed E-state index contributed by atoms with van der Waals surface area (Å²) in [4.78, 5) is 46.1. The summed E-state index contributed by atoms with van der Waals surface area (Å²) in [6.45, 7) is -0.0892. The molecule has 0 saturated carbocycles. The number of benzene rings is 1. The summed E-state index contributed by atoms with van der Waals surface area (Å²) in [5.74, 6) is -4.55. The molecule has 0 spiro atoms. The summed E-state index contributed by atoms with van der Waals surface area (Å²) in [5, 5.41) is 19.3. The molecule has 0 N–H and O–H groups in total. The number of amides is 2. The number of fused-ring (bicyclic) bond motifs is 1. The first-order valence-corrected chi connectivity index (χ1v) is 6.97. The normalized spacial score (nSPS) is 12.5. The van der Waals surface area contributed by atoms with Gasteiger partial charge in [-0.1, -0.05) is 12.1 Å². The molecule has 0 atom stereocenters. The first-order valence-electron chi connectivity index (χ1n) is 5.92. The number of carbonyl (C=O) groups is 4. The van der Waals surface area contributed by atoms with E-state index < -0.39 is 29.0 Å². The minimum atomic E-state index is -1.83. The van der Waals surface area contributed by atoms with Gasteiger partial charge < -0.3 is 19.8 Å². The van der Waals surface area contributed by atoms with Gasteiger partial charge in [0.25, 0.3) is 11.8 Å². The van der Waals surface area contributed by atoms with Crippen LogP contribution in [0.15, 0.2) is 24.3 Å². The number of thioether (sulfide) groups is 1. The maximum atomic E-state index is 12.0. The zero-order valence-corrected chi connectivity index (χ0v) is 19.7. The summed E-state index contributed by atoms with van der Waals surface area (Å²) in [6, 6.07) is 6.30. The molecule has 7 nitrogen and oxygen atoms in total. The van der Waals surface area contributed by atoms with Gasteiger partial charge in [0.15, 0.2) is 0 Å². The van der Waals surface area contributed by atoms with Gasteiger partial charge in [-0.15, -0.1) is 11.8 Å². The van der Waals surface area contributed by atoms with Crippen LogP contribution in [0.2, 0.25) is 0 Å². The fourth-order valence-corrected chi connectivity index (χ4v) is 2.73. The third-order valence-corrected chi connectivity index (χ3v) is 4.04. The van der Waals surface area contributed by atoms with E-state index in [9.17, 15) is 29.4 Å². The van der Waals surface area contributed by atoms with E-state index >= 15 is 0 Å². The first kappa shape index (κ1) is 23.9. The van der Waals surface area contributed by atoms with Gasteiger partial charge >= 0.3 is 103 Å². The summed E-state index contributed by atoms with van der Waals surface area (Å²) >= 11 is 0.537. The second-order valence-electron chi connectivity index (χ2n) is 4.20. The van der Waals surface area contributed by atoms with Crippen LogP contribution >= 0.6 is 11.8 Å². The van der Waals surface area contributed by atoms with Crippen LogP contribution in [-0.2, 0) is 9.59 Å². The quantitative estimate of drug-likeness (QED) is 0.271. The van der Waals surface area contributed by atoms with Crippen LogP contribution in [0.1, 0.15) is 20.7 Å². The smallest absolute Gasteiger partial charge is 0.549 e. The van der Waals surface area contributed by atoms with Gasteiger partial charge in [-0.3, -0.25) is 14.5 Å². The maximum absolute atomic E-state index is 12.0. The molecule has 1 aromatic carbocycles. The van der Waals surface area contributed by atoms with Crippen LogP contribution in [0, 0.1) is 0 Å². The van der Waals surface area contributed by atoms with Gasteiger partial charge in [-0.2, -0.15) is 0 Å². The largest absolute Gasteiger partial charge is 1.00 e. The van der Waals surface area contributed by atoms with E-state index in [1.807, 2.05) is 0 Å². The molecule has 0 saturated heterocycles. The van der Waals surface area contributed by atoms with Gasteiger partial charge in [-0.05, 0) is 12.1 Å². The zero-order valence-electron chi connectivity index (χ0n) is 12.6. The van der Waals surface area contributed by atoms with Crippen molar-refractivity contribution in [1.82, 2.24) is 4.90 Å². The molecule has 0 unspecified atom stereocenters. The van der Waals surface area contributed by atoms with Crippen molar-refractivity contribution < 1.29 is 132 Å². The molecule has 1 heterocycles. The van der Waals surface area contributed by atoms with Gasteiger partial charge in [0.05, 0.1) is 28.3 Å². The second kappa shape index (κ2) is 10.8. The molecule has 0 fully saturated rings. The number of carboxylic acids is 2. The Balaban J connectivity index is 0.00000242. The van der Waals surface area contributed by atoms with Gasteiger partial charge in [-0.25, -0.2) is 0 Å². The van der Waals surface area contributed by atoms with Crippen molar-refractivity contribution in [3.8, 4) is 0 Å². The van der Waals surface area contributed by atoms with Crippen molar-refractivity contribution in [2.75, 3.05) is 12.3 Å². The number of imide groups is 1. The third-order valence-electron chi connectivity index (χ3n) is 2.91. The topological polar surface area (TPSA) is 118 Å². The predicted octanol–water partition coefficient (Wildman–Crippen LogP) is -8.11. The summed E-state index contributed by atoms with van der Waals surface area (Å²) in [6.07, 6.45) is 0. The fraction of sp³-hybridized carbons (Fsp3) is 0.231. The number of carboxylic acid groups (broad SMARTS) is 2. The van der Waals surface area contributed by atoms with Crippen molar-refractivity contribution in [2.24, 2.45) is 0 Å². The van der Waals surface area contributed by atoms with Crippen LogP contribution < -0.4 is 113 Å². The number of hydrogen-bond acceptors (Lipinski definition) is 7. The van der Waals surface area contributed by atoms with Crippen LogP contribution in [-0.4, -0.2) is 46.2 Å². The summed E-state index contributed by atoms with van der Waals surface area (Å²) in [5.41, 5.74) is 0.563. The minimum absolute atomic E-state index is 0. The minimum Gasteiger partial charge on any atom is -0.549 e. The summed E-state index contributed by atoms with van der Waals surface area (Å²) in [7, 11) is 0. The maximum Gasteiger partial charge on any atom is 1.00 e. The monoisotopic (exact) mass is 385 g/mol. The Morgan fingerprint density at radius 2 is 1.43 bits per heavy atom. The van der Waals surface area contributed by atoms with Crippen molar-refractivity contribution in [1.29, 1.82) is 0 Å². The van der Waals surface area contributed by atoms with Crippen LogP contribution in [0.25, 0.3) is 0 Å². The molecular weight excluding hydrogens is 376 g/mol. The Labute approximate surface area is 221 Å². The standard InChI is InChI=1S/C13H11NO6S.2K/c15-10-7-3-1-2-4-8(7)11(16)14(10)5-6-21-9(12(17)18)13(19)20;;/h1-4,9H,5-6H2,(H,17,18)(H,19,20);;/q;2*+1/p-2. The SMILES string of the molecule is O=C([O-])C(SCCN1C(=O)c2ccccc2C1=O)C(=O)[O-].[K+].[K+].